The van der Waals surface area contributed by atoms with Gasteiger partial charge in [0.1, 0.15) is 5.38 Å². The second kappa shape index (κ2) is 7.25. The first-order valence-corrected chi connectivity index (χ1v) is 3.79. The number of rotatable bonds is 1. The molecule has 0 fully saturated rings. The molecule has 1 unspecified atom stereocenters. The fourth-order valence-corrected chi connectivity index (χ4v) is 0.262. The average Bonchev–Trinajstić information content (AvgIpc) is 1.86. The summed E-state index contributed by atoms with van der Waals surface area (Å²) >= 11 is 13.8. The Morgan fingerprint density at radius 1 is 1.18 bits per heavy atom. The van der Waals surface area contributed by atoms with Crippen LogP contribution in [0.2, 0.25) is 0 Å². The number of hydrogen-bond donors (Lipinski definition) is 0. The van der Waals surface area contributed by atoms with Gasteiger partial charge in [0.2, 0.25) is 0 Å². The molecule has 0 radical (unpaired) electrons. The van der Waals surface area contributed by atoms with E-state index in [2.05, 4.69) is 23.2 Å². The van der Waals surface area contributed by atoms with Gasteiger partial charge in [0, 0.05) is 5.88 Å². The molecule has 0 aliphatic heterocycles. The van der Waals surface area contributed by atoms with Crippen LogP contribution in [0, 0.1) is 0 Å². The molecule has 7 heteroatoms. The van der Waals surface area contributed by atoms with Gasteiger partial charge in [-0.3, -0.25) is 0 Å². The molecule has 11 heavy (non-hydrogen) atoms. The first kappa shape index (κ1) is 14.1. The molecular formula is C4H5Cl3F4. The van der Waals surface area contributed by atoms with Crippen molar-refractivity contribution >= 4 is 34.8 Å². The molecule has 0 nitrogen and oxygen atoms in total. The van der Waals surface area contributed by atoms with Crippen LogP contribution < -0.4 is 0 Å². The van der Waals surface area contributed by atoms with Crippen LogP contribution in [-0.2, 0) is 0 Å². The summed E-state index contributed by atoms with van der Waals surface area (Å²) in [7, 11) is 0. The summed E-state index contributed by atoms with van der Waals surface area (Å²) in [5.74, 6) is -0.592. The average molecular weight is 235 g/mol. The third kappa shape index (κ3) is 10.6. The maximum Gasteiger partial charge on any atom is 0.406 e. The van der Waals surface area contributed by atoms with Crippen molar-refractivity contribution in [2.45, 2.75) is 11.6 Å². The summed E-state index contributed by atoms with van der Waals surface area (Å²) in [6, 6.07) is 0. The summed E-state index contributed by atoms with van der Waals surface area (Å²) in [6.07, 6.45) is -5.14. The van der Waals surface area contributed by atoms with Crippen molar-refractivity contribution in [3.05, 3.63) is 0 Å². The second-order valence-corrected chi connectivity index (χ2v) is 2.30. The van der Waals surface area contributed by atoms with E-state index in [1.165, 1.54) is 0 Å². The quantitative estimate of drug-likeness (QED) is 0.482. The van der Waals surface area contributed by atoms with E-state index in [4.69, 9.17) is 11.6 Å². The number of alkyl halides is 7. The van der Waals surface area contributed by atoms with Crippen LogP contribution in [0.1, 0.15) is 0 Å². The van der Waals surface area contributed by atoms with Crippen molar-refractivity contribution in [2.75, 3.05) is 12.0 Å². The highest BCUT2D eigenvalue weighted by molar-refractivity contribution is 6.28. The normalized spacial score (nSPS) is 13.4. The van der Waals surface area contributed by atoms with E-state index in [0.29, 0.717) is 0 Å². The van der Waals surface area contributed by atoms with E-state index in [1.54, 1.807) is 0 Å². The summed E-state index contributed by atoms with van der Waals surface area (Å²) in [6.45, 7) is 0. The van der Waals surface area contributed by atoms with Crippen molar-refractivity contribution in [1.82, 2.24) is 0 Å². The molecular weight excluding hydrogens is 230 g/mol. The highest BCUT2D eigenvalue weighted by atomic mass is 35.5. The Morgan fingerprint density at radius 3 is 1.45 bits per heavy atom. The van der Waals surface area contributed by atoms with Gasteiger partial charge < -0.3 is 0 Å². The van der Waals surface area contributed by atoms with Gasteiger partial charge in [-0.15, -0.1) is 23.2 Å². The van der Waals surface area contributed by atoms with Gasteiger partial charge in [-0.05, 0) is 0 Å². The zero-order valence-corrected chi connectivity index (χ0v) is 7.41. The molecule has 70 valence electrons. The molecule has 0 aliphatic rings. The molecule has 0 aliphatic carbocycles. The number of hydrogen-bond acceptors (Lipinski definition) is 0. The smallest absolute Gasteiger partial charge is 0.234 e. The van der Waals surface area contributed by atoms with Crippen LogP contribution in [-0.4, -0.2) is 23.6 Å². The first-order chi connectivity index (χ1) is 4.90. The highest BCUT2D eigenvalue weighted by Crippen LogP contribution is 2.25. The highest BCUT2D eigenvalue weighted by Gasteiger charge is 2.37. The van der Waals surface area contributed by atoms with E-state index in [-0.39, 0.29) is 0 Å². The maximum atomic E-state index is 11.2. The minimum atomic E-state index is -4.36. The van der Waals surface area contributed by atoms with E-state index in [9.17, 15) is 17.6 Å². The Labute approximate surface area is 76.4 Å². The molecule has 0 bridgehead atoms. The molecule has 0 spiro atoms. The molecule has 0 N–H and O–H groups in total. The first-order valence-electron chi connectivity index (χ1n) is 2.28. The fourth-order valence-electron chi connectivity index (χ4n) is 0.0875. The molecule has 0 heterocycles. The van der Waals surface area contributed by atoms with Gasteiger partial charge in [0.25, 0.3) is 0 Å². The fraction of sp³-hybridized carbons (Fsp3) is 1.00. The predicted molar refractivity (Wildman–Crippen MR) is 38.2 cm³/mol. The molecule has 1 atom stereocenters. The van der Waals surface area contributed by atoms with Crippen LogP contribution in [0.4, 0.5) is 17.6 Å². The lowest BCUT2D eigenvalue weighted by molar-refractivity contribution is -0.126. The van der Waals surface area contributed by atoms with Gasteiger partial charge in [-0.2, -0.15) is 13.2 Å². The summed E-state index contributed by atoms with van der Waals surface area (Å²) < 4.78 is 43.8. The zero-order valence-electron chi connectivity index (χ0n) is 5.14. The summed E-state index contributed by atoms with van der Waals surface area (Å²) in [4.78, 5) is 0. The van der Waals surface area contributed by atoms with Crippen LogP contribution in [0.5, 0.6) is 0 Å². The standard InChI is InChI=1S/C3H3Cl2F3.CH2ClF/c4-1-2(5)3(6,7)8;2-1-3/h2H,1H2;1H2. The minimum absolute atomic E-state index is 0.592. The molecule has 0 aromatic rings. The number of halogens is 7. The van der Waals surface area contributed by atoms with E-state index in [1.807, 2.05) is 0 Å². The van der Waals surface area contributed by atoms with Crippen LogP contribution in [0.15, 0.2) is 0 Å². The van der Waals surface area contributed by atoms with Gasteiger partial charge in [-0.25, -0.2) is 4.39 Å². The second-order valence-electron chi connectivity index (χ2n) is 1.26. The Balaban J connectivity index is 0. The Kier molecular flexibility index (Phi) is 9.32. The molecule has 0 saturated heterocycles. The third-order valence-electron chi connectivity index (χ3n) is 0.491. The zero-order chi connectivity index (χ0) is 9.49. The minimum Gasteiger partial charge on any atom is -0.234 e. The van der Waals surface area contributed by atoms with Gasteiger partial charge in [0.15, 0.2) is 6.13 Å². The predicted octanol–water partition coefficient (Wildman–Crippen LogP) is 3.55. The Hall–Kier alpha value is 0.590. The Bertz CT molecular complexity index is 83.9. The van der Waals surface area contributed by atoms with Gasteiger partial charge >= 0.3 is 6.18 Å². The van der Waals surface area contributed by atoms with Gasteiger partial charge in [-0.1, -0.05) is 11.6 Å². The van der Waals surface area contributed by atoms with E-state index in [0.717, 1.165) is 0 Å². The van der Waals surface area contributed by atoms with Crippen molar-refractivity contribution in [2.24, 2.45) is 0 Å². The van der Waals surface area contributed by atoms with Crippen molar-refractivity contribution in [3.8, 4) is 0 Å². The van der Waals surface area contributed by atoms with E-state index < -0.39 is 23.6 Å². The van der Waals surface area contributed by atoms with Crippen molar-refractivity contribution < 1.29 is 17.6 Å². The lowest BCUT2D eigenvalue weighted by atomic mass is 10.5. The molecule has 0 amide bonds. The monoisotopic (exact) mass is 234 g/mol. The maximum absolute atomic E-state index is 11.2. The van der Waals surface area contributed by atoms with E-state index >= 15 is 0 Å². The molecule has 0 aromatic heterocycles. The van der Waals surface area contributed by atoms with Crippen LogP contribution in [0.3, 0.4) is 0 Å². The summed E-state index contributed by atoms with van der Waals surface area (Å²) in [5.41, 5.74) is 0. The van der Waals surface area contributed by atoms with Crippen molar-refractivity contribution in [3.63, 3.8) is 0 Å². The Morgan fingerprint density at radius 2 is 1.45 bits per heavy atom. The lowest BCUT2D eigenvalue weighted by Gasteiger charge is -2.08. The van der Waals surface area contributed by atoms with Gasteiger partial charge in [0.05, 0.1) is 0 Å². The van der Waals surface area contributed by atoms with Crippen LogP contribution >= 0.6 is 34.8 Å². The summed E-state index contributed by atoms with van der Waals surface area (Å²) in [5, 5.41) is -1.91. The SMILES string of the molecule is FC(F)(F)C(Cl)CCl.FCCl. The largest absolute Gasteiger partial charge is 0.406 e. The van der Waals surface area contributed by atoms with Crippen LogP contribution in [0.25, 0.3) is 0 Å². The lowest BCUT2D eigenvalue weighted by Crippen LogP contribution is -2.24. The molecule has 0 rings (SSSR count). The van der Waals surface area contributed by atoms with Crippen molar-refractivity contribution in [1.29, 1.82) is 0 Å². The molecule has 0 aromatic carbocycles. The third-order valence-corrected chi connectivity index (χ3v) is 1.36. The molecule has 0 saturated carbocycles. The topological polar surface area (TPSA) is 0 Å².